The van der Waals surface area contributed by atoms with E-state index < -0.39 is 17.4 Å². The van der Waals surface area contributed by atoms with E-state index >= 15 is 0 Å². The zero-order valence-electron chi connectivity index (χ0n) is 8.84. The lowest BCUT2D eigenvalue weighted by molar-refractivity contribution is -0.158. The molecule has 0 aliphatic heterocycles. The summed E-state index contributed by atoms with van der Waals surface area (Å²) < 4.78 is 5.20. The second-order valence-corrected chi connectivity index (χ2v) is 3.32. The maximum Gasteiger partial charge on any atom is 0.356 e. The smallest absolute Gasteiger partial charge is 0.356 e. The lowest BCUT2D eigenvalue weighted by Gasteiger charge is -2.23. The van der Waals surface area contributed by atoms with Crippen molar-refractivity contribution in [3.63, 3.8) is 0 Å². The highest BCUT2D eigenvalue weighted by Gasteiger charge is 2.42. The number of carboxylic acid groups (broad SMARTS) is 1. The molecule has 0 fully saturated rings. The Balaban J connectivity index is 3.01. The molecular weight excluding hydrogens is 208 g/mol. The second-order valence-electron chi connectivity index (χ2n) is 3.32. The number of carbonyl (C=O) groups excluding carboxylic acids is 1. The van der Waals surface area contributed by atoms with Gasteiger partial charge in [-0.15, -0.1) is 0 Å². The van der Waals surface area contributed by atoms with E-state index in [1.165, 1.54) is 6.92 Å². The third-order valence-corrected chi connectivity index (χ3v) is 2.13. The van der Waals surface area contributed by atoms with E-state index in [0.29, 0.717) is 5.75 Å². The van der Waals surface area contributed by atoms with E-state index in [9.17, 15) is 9.59 Å². The van der Waals surface area contributed by atoms with Crippen LogP contribution in [0.5, 0.6) is 5.75 Å². The lowest BCUT2D eigenvalue weighted by atomic mass is 10.0. The average Bonchev–Trinajstić information content (AvgIpc) is 2.28. The van der Waals surface area contributed by atoms with Crippen molar-refractivity contribution in [2.24, 2.45) is 0 Å². The number of hydrogen-bond acceptors (Lipinski definition) is 3. The summed E-state index contributed by atoms with van der Waals surface area (Å²) in [6.07, 6.45) is 0.942. The first kappa shape index (κ1) is 12.0. The molecule has 16 heavy (non-hydrogen) atoms. The monoisotopic (exact) mass is 220 g/mol. The van der Waals surface area contributed by atoms with Crippen LogP contribution in [0.3, 0.4) is 0 Å². The summed E-state index contributed by atoms with van der Waals surface area (Å²) in [4.78, 5) is 22.5. The average molecular weight is 220 g/mol. The van der Waals surface area contributed by atoms with Crippen LogP contribution < -0.4 is 4.74 Å². The summed E-state index contributed by atoms with van der Waals surface area (Å²) in [5.74, 6) is -1.72. The van der Waals surface area contributed by atoms with Gasteiger partial charge < -0.3 is 9.84 Å². The summed E-state index contributed by atoms with van der Waals surface area (Å²) in [5.41, 5.74) is -1.93. The molecule has 0 radical (unpaired) electrons. The van der Waals surface area contributed by atoms with Crippen LogP contribution in [0.4, 0.5) is 0 Å². The predicted octanol–water partition coefficient (Wildman–Crippen LogP) is 1.66. The topological polar surface area (TPSA) is 63.6 Å². The number of ether oxygens (including phenoxy) is 1. The van der Waals surface area contributed by atoms with Crippen LogP contribution in [0.2, 0.25) is 0 Å². The molecule has 0 spiro atoms. The number of carbonyl (C=O) groups is 2. The number of ketones is 1. The zero-order chi connectivity index (χ0) is 12.2. The maximum absolute atomic E-state index is 11.5. The van der Waals surface area contributed by atoms with E-state index in [1.54, 1.807) is 30.3 Å². The van der Waals surface area contributed by atoms with Gasteiger partial charge in [0.2, 0.25) is 5.78 Å². The molecule has 0 aromatic heterocycles. The van der Waals surface area contributed by atoms with Crippen LogP contribution in [-0.2, 0) is 9.59 Å². The van der Waals surface area contributed by atoms with Crippen molar-refractivity contribution in [3.05, 3.63) is 43.0 Å². The summed E-state index contributed by atoms with van der Waals surface area (Å²) in [6.45, 7) is 4.46. The molecule has 1 atom stereocenters. The van der Waals surface area contributed by atoms with Crippen LogP contribution in [0.1, 0.15) is 6.92 Å². The molecule has 0 heterocycles. The highest BCUT2D eigenvalue weighted by Crippen LogP contribution is 2.19. The van der Waals surface area contributed by atoms with Gasteiger partial charge in [-0.25, -0.2) is 4.79 Å². The van der Waals surface area contributed by atoms with E-state index in [2.05, 4.69) is 6.58 Å². The molecule has 1 aromatic carbocycles. The SMILES string of the molecule is C=CC(=O)C(C)(Oc1ccccc1)C(=O)O. The fourth-order valence-corrected chi connectivity index (χ4v) is 1.12. The number of carboxylic acids is 1. The van der Waals surface area contributed by atoms with E-state index in [4.69, 9.17) is 9.84 Å². The Hall–Kier alpha value is -2.10. The molecule has 4 heteroatoms. The normalized spacial score (nSPS) is 13.6. The van der Waals surface area contributed by atoms with Crippen LogP contribution in [0, 0.1) is 0 Å². The molecule has 1 aromatic rings. The number of rotatable bonds is 5. The summed E-state index contributed by atoms with van der Waals surface area (Å²) in [6, 6.07) is 8.31. The van der Waals surface area contributed by atoms with Crippen LogP contribution in [0.25, 0.3) is 0 Å². The first-order chi connectivity index (χ1) is 7.50. The predicted molar refractivity (Wildman–Crippen MR) is 58.3 cm³/mol. The quantitative estimate of drug-likeness (QED) is 0.605. The Kier molecular flexibility index (Phi) is 3.45. The molecule has 0 bridgehead atoms. The van der Waals surface area contributed by atoms with Gasteiger partial charge in [-0.1, -0.05) is 24.8 Å². The van der Waals surface area contributed by atoms with Crippen molar-refractivity contribution in [2.75, 3.05) is 0 Å². The molecule has 1 rings (SSSR count). The molecule has 0 saturated carbocycles. The van der Waals surface area contributed by atoms with Gasteiger partial charge in [-0.3, -0.25) is 4.79 Å². The van der Waals surface area contributed by atoms with Gasteiger partial charge >= 0.3 is 5.97 Å². The number of hydrogen-bond donors (Lipinski definition) is 1. The van der Waals surface area contributed by atoms with E-state index in [1.807, 2.05) is 0 Å². The molecule has 4 nitrogen and oxygen atoms in total. The van der Waals surface area contributed by atoms with Crippen LogP contribution in [0.15, 0.2) is 43.0 Å². The third-order valence-electron chi connectivity index (χ3n) is 2.13. The minimum Gasteiger partial charge on any atom is -0.478 e. The van der Waals surface area contributed by atoms with Gasteiger partial charge in [0.05, 0.1) is 0 Å². The van der Waals surface area contributed by atoms with Crippen LogP contribution >= 0.6 is 0 Å². The molecule has 0 saturated heterocycles. The highest BCUT2D eigenvalue weighted by molar-refractivity contribution is 6.11. The Morgan fingerprint density at radius 2 is 1.94 bits per heavy atom. The molecule has 1 N–H and O–H groups in total. The van der Waals surface area contributed by atoms with E-state index in [0.717, 1.165) is 6.08 Å². The minimum absolute atomic E-state index is 0.322. The maximum atomic E-state index is 11.5. The van der Waals surface area contributed by atoms with Crippen molar-refractivity contribution in [2.45, 2.75) is 12.5 Å². The Morgan fingerprint density at radius 1 is 1.38 bits per heavy atom. The molecular formula is C12H12O4. The van der Waals surface area contributed by atoms with Crippen molar-refractivity contribution in [1.82, 2.24) is 0 Å². The fourth-order valence-electron chi connectivity index (χ4n) is 1.12. The molecule has 0 amide bonds. The molecule has 0 aliphatic rings. The number of aliphatic carboxylic acids is 1. The van der Waals surface area contributed by atoms with Crippen LogP contribution in [-0.4, -0.2) is 22.5 Å². The first-order valence-electron chi connectivity index (χ1n) is 4.65. The van der Waals surface area contributed by atoms with Crippen molar-refractivity contribution < 1.29 is 19.4 Å². The highest BCUT2D eigenvalue weighted by atomic mass is 16.5. The Labute approximate surface area is 93.2 Å². The largest absolute Gasteiger partial charge is 0.478 e. The van der Waals surface area contributed by atoms with Gasteiger partial charge in [0.1, 0.15) is 5.75 Å². The summed E-state index contributed by atoms with van der Waals surface area (Å²) in [7, 11) is 0. The molecule has 84 valence electrons. The second kappa shape index (κ2) is 4.61. The van der Waals surface area contributed by atoms with Gasteiger partial charge in [0.25, 0.3) is 5.60 Å². The Bertz CT molecular complexity index is 410. The standard InChI is InChI=1S/C12H12O4/c1-3-10(13)12(2,11(14)15)16-9-7-5-4-6-8-9/h3-8H,1H2,2H3,(H,14,15). The Morgan fingerprint density at radius 3 is 2.38 bits per heavy atom. The van der Waals surface area contributed by atoms with Crippen molar-refractivity contribution in [1.29, 1.82) is 0 Å². The molecule has 1 unspecified atom stereocenters. The lowest BCUT2D eigenvalue weighted by Crippen LogP contribution is -2.48. The summed E-state index contributed by atoms with van der Waals surface area (Å²) >= 11 is 0. The van der Waals surface area contributed by atoms with Gasteiger partial charge in [-0.05, 0) is 25.1 Å². The van der Waals surface area contributed by atoms with Gasteiger partial charge in [0, 0.05) is 0 Å². The van der Waals surface area contributed by atoms with Gasteiger partial charge in [0.15, 0.2) is 0 Å². The number of benzene rings is 1. The third kappa shape index (κ3) is 2.28. The van der Waals surface area contributed by atoms with Crippen molar-refractivity contribution in [3.8, 4) is 5.75 Å². The van der Waals surface area contributed by atoms with Gasteiger partial charge in [-0.2, -0.15) is 0 Å². The number of para-hydroxylation sites is 1. The summed E-state index contributed by atoms with van der Waals surface area (Å²) in [5, 5.41) is 9.00. The van der Waals surface area contributed by atoms with Crippen molar-refractivity contribution >= 4 is 11.8 Å². The molecule has 0 aliphatic carbocycles. The first-order valence-corrected chi connectivity index (χ1v) is 4.65. The van der Waals surface area contributed by atoms with E-state index in [-0.39, 0.29) is 0 Å². The fraction of sp³-hybridized carbons (Fsp3) is 0.167. The minimum atomic E-state index is -1.93. The zero-order valence-corrected chi connectivity index (χ0v) is 8.84.